The summed E-state index contributed by atoms with van der Waals surface area (Å²) in [6.07, 6.45) is 1.50. The number of rotatable bonds is 3. The Morgan fingerprint density at radius 3 is 3.12 bits per heavy atom. The largest absolute Gasteiger partial charge is 0.493 e. The zero-order chi connectivity index (χ0) is 11.5. The summed E-state index contributed by atoms with van der Waals surface area (Å²) in [5.74, 6) is 0.0519. The van der Waals surface area contributed by atoms with Gasteiger partial charge in [0.1, 0.15) is 5.75 Å². The third-order valence-electron chi connectivity index (χ3n) is 2.79. The van der Waals surface area contributed by atoms with Crippen molar-refractivity contribution in [1.29, 1.82) is 0 Å². The van der Waals surface area contributed by atoms with Crippen molar-refractivity contribution in [1.82, 2.24) is 0 Å². The van der Waals surface area contributed by atoms with Crippen molar-refractivity contribution in [2.24, 2.45) is 5.73 Å². The first-order valence-corrected chi connectivity index (χ1v) is 5.40. The molecule has 1 heterocycles. The minimum Gasteiger partial charge on any atom is -0.493 e. The minimum atomic E-state index is -0.779. The van der Waals surface area contributed by atoms with Gasteiger partial charge in [-0.05, 0) is 18.1 Å². The maximum absolute atomic E-state index is 10.5. The van der Waals surface area contributed by atoms with E-state index < -0.39 is 5.97 Å². The second-order valence-electron chi connectivity index (χ2n) is 4.01. The molecule has 4 nitrogen and oxygen atoms in total. The van der Waals surface area contributed by atoms with Crippen LogP contribution in [0.4, 0.5) is 0 Å². The summed E-state index contributed by atoms with van der Waals surface area (Å²) in [4.78, 5) is 10.5. The molecule has 0 fully saturated rings. The normalized spacial score (nSPS) is 18.7. The van der Waals surface area contributed by atoms with Crippen LogP contribution in [0.1, 0.15) is 30.0 Å². The Hall–Kier alpha value is -1.55. The van der Waals surface area contributed by atoms with Crippen LogP contribution in [-0.4, -0.2) is 17.7 Å². The number of ether oxygens (including phenoxy) is 1. The van der Waals surface area contributed by atoms with Gasteiger partial charge >= 0.3 is 5.97 Å². The van der Waals surface area contributed by atoms with Gasteiger partial charge in [0.15, 0.2) is 0 Å². The third kappa shape index (κ3) is 2.33. The fraction of sp³-hybridized carbons (Fsp3) is 0.417. The highest BCUT2D eigenvalue weighted by Crippen LogP contribution is 2.31. The molecule has 0 spiro atoms. The van der Waals surface area contributed by atoms with Crippen LogP contribution in [0.2, 0.25) is 0 Å². The highest BCUT2D eigenvalue weighted by atomic mass is 16.5. The molecule has 0 aliphatic carbocycles. The summed E-state index contributed by atoms with van der Waals surface area (Å²) in [6.45, 7) is 0.655. The van der Waals surface area contributed by atoms with Crippen molar-refractivity contribution in [2.75, 3.05) is 6.61 Å². The van der Waals surface area contributed by atoms with Gasteiger partial charge < -0.3 is 15.6 Å². The Kier molecular flexibility index (Phi) is 3.10. The molecule has 0 saturated carbocycles. The van der Waals surface area contributed by atoms with Gasteiger partial charge in [-0.15, -0.1) is 0 Å². The van der Waals surface area contributed by atoms with E-state index in [4.69, 9.17) is 15.6 Å². The van der Waals surface area contributed by atoms with Crippen LogP contribution in [0.15, 0.2) is 18.2 Å². The maximum atomic E-state index is 10.5. The first-order valence-electron chi connectivity index (χ1n) is 5.40. The molecule has 4 heteroatoms. The highest BCUT2D eigenvalue weighted by molar-refractivity contribution is 5.67. The SMILES string of the molecule is N[C@@H]1CCOc2ccc(CCC(=O)O)cc21. The Balaban J connectivity index is 2.17. The molecule has 0 saturated heterocycles. The van der Waals surface area contributed by atoms with Gasteiger partial charge in [0.2, 0.25) is 0 Å². The molecule has 0 bridgehead atoms. The highest BCUT2D eigenvalue weighted by Gasteiger charge is 2.18. The molecule has 0 aromatic heterocycles. The first kappa shape index (κ1) is 11.0. The van der Waals surface area contributed by atoms with Crippen molar-refractivity contribution in [2.45, 2.75) is 25.3 Å². The number of carboxylic acid groups (broad SMARTS) is 1. The Labute approximate surface area is 94.0 Å². The van der Waals surface area contributed by atoms with Crippen LogP contribution >= 0.6 is 0 Å². The van der Waals surface area contributed by atoms with E-state index in [1.807, 2.05) is 18.2 Å². The molecule has 1 aliphatic heterocycles. The molecule has 0 unspecified atom stereocenters. The summed E-state index contributed by atoms with van der Waals surface area (Å²) in [7, 11) is 0. The fourth-order valence-electron chi connectivity index (χ4n) is 1.88. The molecule has 1 aromatic rings. The molecule has 0 amide bonds. The maximum Gasteiger partial charge on any atom is 0.303 e. The van der Waals surface area contributed by atoms with Gasteiger partial charge in [-0.2, -0.15) is 0 Å². The number of benzene rings is 1. The van der Waals surface area contributed by atoms with Crippen molar-refractivity contribution >= 4 is 5.97 Å². The minimum absolute atomic E-state index is 0.00790. The van der Waals surface area contributed by atoms with Gasteiger partial charge in [-0.25, -0.2) is 0 Å². The van der Waals surface area contributed by atoms with Gasteiger partial charge in [-0.3, -0.25) is 4.79 Å². The van der Waals surface area contributed by atoms with E-state index in [1.165, 1.54) is 0 Å². The quantitative estimate of drug-likeness (QED) is 0.811. The number of carbonyl (C=O) groups is 1. The molecule has 0 radical (unpaired) electrons. The lowest BCUT2D eigenvalue weighted by Crippen LogP contribution is -2.20. The van der Waals surface area contributed by atoms with E-state index in [-0.39, 0.29) is 12.5 Å². The summed E-state index contributed by atoms with van der Waals surface area (Å²) >= 11 is 0. The second kappa shape index (κ2) is 4.53. The molecule has 1 aromatic carbocycles. The van der Waals surface area contributed by atoms with E-state index in [1.54, 1.807) is 0 Å². The molecule has 2 rings (SSSR count). The van der Waals surface area contributed by atoms with E-state index in [0.29, 0.717) is 13.0 Å². The van der Waals surface area contributed by atoms with Crippen molar-refractivity contribution in [3.05, 3.63) is 29.3 Å². The molecule has 86 valence electrons. The van der Waals surface area contributed by atoms with E-state index >= 15 is 0 Å². The van der Waals surface area contributed by atoms with Crippen LogP contribution < -0.4 is 10.5 Å². The van der Waals surface area contributed by atoms with Gasteiger partial charge in [0.25, 0.3) is 0 Å². The van der Waals surface area contributed by atoms with Crippen LogP contribution in [0, 0.1) is 0 Å². The summed E-state index contributed by atoms with van der Waals surface area (Å²) in [5, 5.41) is 8.62. The predicted octanol–water partition coefficient (Wildman–Crippen LogP) is 1.49. The lowest BCUT2D eigenvalue weighted by Gasteiger charge is -2.23. The van der Waals surface area contributed by atoms with Gasteiger partial charge in [0, 0.05) is 24.4 Å². The fourth-order valence-corrected chi connectivity index (χ4v) is 1.88. The summed E-state index contributed by atoms with van der Waals surface area (Å²) < 4.78 is 5.48. The summed E-state index contributed by atoms with van der Waals surface area (Å²) in [6, 6.07) is 5.75. The zero-order valence-electron chi connectivity index (χ0n) is 8.98. The van der Waals surface area contributed by atoms with Crippen LogP contribution in [0.25, 0.3) is 0 Å². The van der Waals surface area contributed by atoms with Crippen molar-refractivity contribution < 1.29 is 14.6 Å². The molecule has 1 atom stereocenters. The standard InChI is InChI=1S/C12H15NO3/c13-10-5-6-16-11-3-1-8(7-9(10)11)2-4-12(14)15/h1,3,7,10H,2,4-6,13H2,(H,14,15)/t10-/m1/s1. The zero-order valence-corrected chi connectivity index (χ0v) is 8.98. The molecule has 1 aliphatic rings. The Morgan fingerprint density at radius 2 is 2.38 bits per heavy atom. The van der Waals surface area contributed by atoms with Crippen molar-refractivity contribution in [3.63, 3.8) is 0 Å². The Bertz CT molecular complexity index is 403. The third-order valence-corrected chi connectivity index (χ3v) is 2.79. The van der Waals surface area contributed by atoms with E-state index in [2.05, 4.69) is 0 Å². The topological polar surface area (TPSA) is 72.5 Å². The van der Waals surface area contributed by atoms with Crippen LogP contribution in [0.3, 0.4) is 0 Å². The number of aliphatic carboxylic acids is 1. The number of fused-ring (bicyclic) bond motifs is 1. The smallest absolute Gasteiger partial charge is 0.303 e. The molecule has 16 heavy (non-hydrogen) atoms. The lowest BCUT2D eigenvalue weighted by molar-refractivity contribution is -0.136. The van der Waals surface area contributed by atoms with E-state index in [9.17, 15) is 4.79 Å². The van der Waals surface area contributed by atoms with Gasteiger partial charge in [0.05, 0.1) is 6.61 Å². The number of aryl methyl sites for hydroxylation is 1. The molecular formula is C12H15NO3. The van der Waals surface area contributed by atoms with Gasteiger partial charge in [-0.1, -0.05) is 12.1 Å². The van der Waals surface area contributed by atoms with E-state index in [0.717, 1.165) is 23.3 Å². The summed E-state index contributed by atoms with van der Waals surface area (Å²) in [5.41, 5.74) is 7.97. The van der Waals surface area contributed by atoms with Crippen LogP contribution in [0.5, 0.6) is 5.75 Å². The molecule has 3 N–H and O–H groups in total. The second-order valence-corrected chi connectivity index (χ2v) is 4.01. The van der Waals surface area contributed by atoms with Crippen LogP contribution in [-0.2, 0) is 11.2 Å². The number of hydrogen-bond acceptors (Lipinski definition) is 3. The Morgan fingerprint density at radius 1 is 1.56 bits per heavy atom. The number of nitrogens with two attached hydrogens (primary N) is 1. The number of carboxylic acids is 1. The predicted molar refractivity (Wildman–Crippen MR) is 59.4 cm³/mol. The lowest BCUT2D eigenvalue weighted by atomic mass is 9.97. The monoisotopic (exact) mass is 221 g/mol. The molecular weight excluding hydrogens is 206 g/mol. The number of hydrogen-bond donors (Lipinski definition) is 2. The first-order chi connectivity index (χ1) is 7.66. The average Bonchev–Trinajstić information content (AvgIpc) is 2.27. The average molecular weight is 221 g/mol. The van der Waals surface area contributed by atoms with Crippen molar-refractivity contribution in [3.8, 4) is 5.75 Å².